The van der Waals surface area contributed by atoms with Gasteiger partial charge in [-0.25, -0.2) is 0 Å². The van der Waals surface area contributed by atoms with E-state index in [9.17, 15) is 9.59 Å². The van der Waals surface area contributed by atoms with Crippen molar-refractivity contribution in [1.82, 2.24) is 9.80 Å². The minimum Gasteiger partial charge on any atom is -0.469 e. The van der Waals surface area contributed by atoms with E-state index in [1.165, 1.54) is 7.11 Å². The number of likely N-dealkylation sites (tertiary alicyclic amines) is 2. The van der Waals surface area contributed by atoms with Crippen LogP contribution in [-0.2, 0) is 14.3 Å². The summed E-state index contributed by atoms with van der Waals surface area (Å²) >= 11 is 0. The number of hydrogen-bond acceptors (Lipinski definition) is 4. The molecule has 0 atom stereocenters. The van der Waals surface area contributed by atoms with Gasteiger partial charge in [0.2, 0.25) is 5.91 Å². The lowest BCUT2D eigenvalue weighted by Gasteiger charge is -2.33. The van der Waals surface area contributed by atoms with Crippen molar-refractivity contribution in [3.05, 3.63) is 0 Å². The number of methoxy groups -OCH3 is 1. The molecule has 2 rings (SSSR count). The van der Waals surface area contributed by atoms with E-state index in [4.69, 9.17) is 4.74 Å². The Hall–Kier alpha value is -1.10. The number of carbonyl (C=O) groups is 2. The molecular weight excluding hydrogens is 256 g/mol. The summed E-state index contributed by atoms with van der Waals surface area (Å²) in [5.41, 5.74) is 0. The molecule has 0 aromatic carbocycles. The number of hydrogen-bond donors (Lipinski definition) is 0. The lowest BCUT2D eigenvalue weighted by Crippen LogP contribution is -2.42. The fourth-order valence-electron chi connectivity index (χ4n) is 3.17. The van der Waals surface area contributed by atoms with Crippen LogP contribution in [0.3, 0.4) is 0 Å². The second-order valence-electron chi connectivity index (χ2n) is 6.13. The quantitative estimate of drug-likeness (QED) is 0.728. The van der Waals surface area contributed by atoms with E-state index in [2.05, 4.69) is 11.9 Å². The predicted octanol–water partition coefficient (Wildman–Crippen LogP) is 1.13. The first-order valence-electron chi connectivity index (χ1n) is 7.64. The molecule has 0 N–H and O–H groups in total. The number of nitrogens with zero attached hydrogens (tertiary/aromatic N) is 2. The van der Waals surface area contributed by atoms with E-state index in [1.54, 1.807) is 0 Å². The predicted molar refractivity (Wildman–Crippen MR) is 76.2 cm³/mol. The second-order valence-corrected chi connectivity index (χ2v) is 6.13. The summed E-state index contributed by atoms with van der Waals surface area (Å²) in [4.78, 5) is 28.0. The highest BCUT2D eigenvalue weighted by molar-refractivity contribution is 5.77. The zero-order valence-electron chi connectivity index (χ0n) is 12.6. The number of ether oxygens (including phenoxy) is 1. The number of esters is 1. The molecule has 0 aliphatic carbocycles. The molecule has 0 radical (unpaired) electrons. The Kier molecular flexibility index (Phi) is 5.40. The third-order valence-corrected chi connectivity index (χ3v) is 4.68. The Balaban J connectivity index is 1.73. The van der Waals surface area contributed by atoms with Crippen LogP contribution in [0.5, 0.6) is 0 Å². The van der Waals surface area contributed by atoms with Gasteiger partial charge in [-0.1, -0.05) is 0 Å². The Morgan fingerprint density at radius 2 is 1.65 bits per heavy atom. The van der Waals surface area contributed by atoms with E-state index in [0.717, 1.165) is 38.8 Å². The monoisotopic (exact) mass is 282 g/mol. The summed E-state index contributed by atoms with van der Waals surface area (Å²) in [6, 6.07) is 0. The van der Waals surface area contributed by atoms with E-state index in [-0.39, 0.29) is 17.8 Å². The molecule has 5 nitrogen and oxygen atoms in total. The normalized spacial score (nSPS) is 22.8. The molecule has 0 saturated carbocycles. The second kappa shape index (κ2) is 7.07. The zero-order chi connectivity index (χ0) is 14.5. The molecule has 0 aromatic rings. The first-order valence-corrected chi connectivity index (χ1v) is 7.64. The van der Waals surface area contributed by atoms with Gasteiger partial charge in [-0.15, -0.1) is 0 Å². The standard InChI is InChI=1S/C15H26N2O3/c1-16-7-3-12(4-8-16)11-14(18)17-9-5-13(6-10-17)15(19)20-2/h12-13H,3-11H2,1-2H3. The van der Waals surface area contributed by atoms with Crippen LogP contribution in [0.4, 0.5) is 0 Å². The lowest BCUT2D eigenvalue weighted by molar-refractivity contribution is -0.149. The lowest BCUT2D eigenvalue weighted by atomic mass is 9.92. The molecule has 0 aromatic heterocycles. The van der Waals surface area contributed by atoms with Crippen molar-refractivity contribution < 1.29 is 14.3 Å². The topological polar surface area (TPSA) is 49.9 Å². The van der Waals surface area contributed by atoms with Crippen LogP contribution in [0.1, 0.15) is 32.1 Å². The average molecular weight is 282 g/mol. The molecule has 0 spiro atoms. The van der Waals surface area contributed by atoms with Crippen LogP contribution in [0.2, 0.25) is 0 Å². The van der Waals surface area contributed by atoms with E-state index < -0.39 is 0 Å². The molecule has 2 heterocycles. The van der Waals surface area contributed by atoms with Gasteiger partial charge in [0.15, 0.2) is 0 Å². The van der Waals surface area contributed by atoms with Crippen molar-refractivity contribution in [2.24, 2.45) is 11.8 Å². The summed E-state index contributed by atoms with van der Waals surface area (Å²) in [7, 11) is 3.57. The Morgan fingerprint density at radius 3 is 2.20 bits per heavy atom. The molecular formula is C15H26N2O3. The highest BCUT2D eigenvalue weighted by Crippen LogP contribution is 2.23. The molecule has 2 saturated heterocycles. The van der Waals surface area contributed by atoms with Gasteiger partial charge in [-0.3, -0.25) is 9.59 Å². The van der Waals surface area contributed by atoms with Crippen LogP contribution < -0.4 is 0 Å². The SMILES string of the molecule is COC(=O)C1CCN(C(=O)CC2CCN(C)CC2)CC1. The minimum atomic E-state index is -0.132. The first kappa shape index (κ1) is 15.3. The summed E-state index contributed by atoms with van der Waals surface area (Å²) in [5.74, 6) is 0.652. The smallest absolute Gasteiger partial charge is 0.308 e. The third kappa shape index (κ3) is 3.95. The van der Waals surface area contributed by atoms with Crippen molar-refractivity contribution in [3.8, 4) is 0 Å². The van der Waals surface area contributed by atoms with Gasteiger partial charge < -0.3 is 14.5 Å². The van der Waals surface area contributed by atoms with Gasteiger partial charge in [0.1, 0.15) is 0 Å². The van der Waals surface area contributed by atoms with E-state index >= 15 is 0 Å². The molecule has 0 unspecified atom stereocenters. The van der Waals surface area contributed by atoms with Crippen molar-refractivity contribution in [2.45, 2.75) is 32.1 Å². The summed E-state index contributed by atoms with van der Waals surface area (Å²) in [6.45, 7) is 3.60. The molecule has 2 aliphatic rings. The summed E-state index contributed by atoms with van der Waals surface area (Å²) < 4.78 is 4.77. The van der Waals surface area contributed by atoms with Crippen molar-refractivity contribution in [2.75, 3.05) is 40.3 Å². The molecule has 2 aliphatic heterocycles. The fraction of sp³-hybridized carbons (Fsp3) is 0.867. The third-order valence-electron chi connectivity index (χ3n) is 4.68. The van der Waals surface area contributed by atoms with Gasteiger partial charge in [-0.05, 0) is 51.7 Å². The number of carbonyl (C=O) groups excluding carboxylic acids is 2. The van der Waals surface area contributed by atoms with Crippen LogP contribution in [0.25, 0.3) is 0 Å². The number of piperidine rings is 2. The van der Waals surface area contributed by atoms with Crippen LogP contribution in [-0.4, -0.2) is 62.0 Å². The Bertz CT molecular complexity index is 343. The molecule has 114 valence electrons. The molecule has 1 amide bonds. The maximum absolute atomic E-state index is 12.3. The van der Waals surface area contributed by atoms with Gasteiger partial charge in [0.05, 0.1) is 13.0 Å². The van der Waals surface area contributed by atoms with Crippen molar-refractivity contribution in [3.63, 3.8) is 0 Å². The zero-order valence-corrected chi connectivity index (χ0v) is 12.6. The van der Waals surface area contributed by atoms with Crippen molar-refractivity contribution >= 4 is 11.9 Å². The number of rotatable bonds is 3. The van der Waals surface area contributed by atoms with E-state index in [0.29, 0.717) is 25.4 Å². The van der Waals surface area contributed by atoms with Gasteiger partial charge in [0.25, 0.3) is 0 Å². The maximum atomic E-state index is 12.3. The first-order chi connectivity index (χ1) is 9.60. The van der Waals surface area contributed by atoms with Gasteiger partial charge in [0, 0.05) is 19.5 Å². The van der Waals surface area contributed by atoms with Crippen molar-refractivity contribution in [1.29, 1.82) is 0 Å². The molecule has 20 heavy (non-hydrogen) atoms. The van der Waals surface area contributed by atoms with E-state index in [1.807, 2.05) is 4.90 Å². The van der Waals surface area contributed by atoms with Crippen LogP contribution in [0, 0.1) is 11.8 Å². The summed E-state index contributed by atoms with van der Waals surface area (Å²) in [6.07, 6.45) is 4.41. The molecule has 2 fully saturated rings. The Labute approximate surface area is 121 Å². The Morgan fingerprint density at radius 1 is 1.05 bits per heavy atom. The van der Waals surface area contributed by atoms with Crippen LogP contribution in [0.15, 0.2) is 0 Å². The minimum absolute atomic E-state index is 0.0209. The molecule has 5 heteroatoms. The molecule has 0 bridgehead atoms. The maximum Gasteiger partial charge on any atom is 0.308 e. The van der Waals surface area contributed by atoms with Crippen LogP contribution >= 0.6 is 0 Å². The van der Waals surface area contributed by atoms with Gasteiger partial charge in [-0.2, -0.15) is 0 Å². The summed E-state index contributed by atoms with van der Waals surface area (Å²) in [5, 5.41) is 0. The fourth-order valence-corrected chi connectivity index (χ4v) is 3.17. The average Bonchev–Trinajstić information content (AvgIpc) is 2.49. The highest BCUT2D eigenvalue weighted by Gasteiger charge is 2.29. The highest BCUT2D eigenvalue weighted by atomic mass is 16.5. The largest absolute Gasteiger partial charge is 0.469 e. The van der Waals surface area contributed by atoms with Gasteiger partial charge >= 0.3 is 5.97 Å². The number of amides is 1.